The first-order chi connectivity index (χ1) is 11.3. The van der Waals surface area contributed by atoms with Gasteiger partial charge in [-0.1, -0.05) is 17.7 Å². The van der Waals surface area contributed by atoms with Crippen molar-refractivity contribution in [3.63, 3.8) is 0 Å². The van der Waals surface area contributed by atoms with Crippen LogP contribution in [0.1, 0.15) is 5.56 Å². The quantitative estimate of drug-likeness (QED) is 0.487. The van der Waals surface area contributed by atoms with Gasteiger partial charge in [-0.3, -0.25) is 8.37 Å². The molecule has 0 amide bonds. The molecule has 0 atom stereocenters. The van der Waals surface area contributed by atoms with Crippen LogP contribution in [0.2, 0.25) is 0 Å². The molecule has 0 aliphatic carbocycles. The molecule has 0 N–H and O–H groups in total. The topological polar surface area (TPSA) is 124 Å². The van der Waals surface area contributed by atoms with Crippen LogP contribution in [0.3, 0.4) is 0 Å². The van der Waals surface area contributed by atoms with Gasteiger partial charge >= 0.3 is 0 Å². The maximum atomic E-state index is 12.7. The Morgan fingerprint density at radius 1 is 0.800 bits per heavy atom. The average molecular weight is 416 g/mol. The van der Waals surface area contributed by atoms with Gasteiger partial charge < -0.3 is 0 Å². The van der Waals surface area contributed by atoms with Crippen LogP contribution >= 0.6 is 0 Å². The highest BCUT2D eigenvalue weighted by Gasteiger charge is 2.25. The molecular weight excluding hydrogens is 394 g/mol. The summed E-state index contributed by atoms with van der Waals surface area (Å²) >= 11 is 0. The lowest BCUT2D eigenvalue weighted by Crippen LogP contribution is -2.37. The summed E-state index contributed by atoms with van der Waals surface area (Å²) < 4.78 is 79.5. The zero-order valence-electron chi connectivity index (χ0n) is 14.1. The standard InChI is InChI=1S/C13H21NO8S3/c1-12-4-6-13(7-5-12)25(19,20)14(8-10-21-23(2,15)16)9-11-22-24(3,17)18/h4-7H,8-11H2,1-3H3. The van der Waals surface area contributed by atoms with Gasteiger partial charge in [-0.2, -0.15) is 21.1 Å². The molecule has 25 heavy (non-hydrogen) atoms. The van der Waals surface area contributed by atoms with Crippen LogP contribution in [-0.2, 0) is 38.6 Å². The Morgan fingerprint density at radius 3 is 1.56 bits per heavy atom. The summed E-state index contributed by atoms with van der Waals surface area (Å²) in [5, 5.41) is 0. The molecule has 0 radical (unpaired) electrons. The van der Waals surface area contributed by atoms with E-state index in [0.717, 1.165) is 22.4 Å². The molecule has 144 valence electrons. The van der Waals surface area contributed by atoms with Crippen molar-refractivity contribution in [2.75, 3.05) is 38.8 Å². The number of benzene rings is 1. The van der Waals surface area contributed by atoms with Gasteiger partial charge in [0, 0.05) is 13.1 Å². The second-order valence-corrected chi connectivity index (χ2v) is 10.5. The van der Waals surface area contributed by atoms with E-state index in [1.54, 1.807) is 19.1 Å². The summed E-state index contributed by atoms with van der Waals surface area (Å²) in [4.78, 5) is -0.00295. The largest absolute Gasteiger partial charge is 0.269 e. The van der Waals surface area contributed by atoms with Crippen molar-refractivity contribution in [1.29, 1.82) is 0 Å². The monoisotopic (exact) mass is 415 g/mol. The van der Waals surface area contributed by atoms with E-state index in [-0.39, 0.29) is 18.0 Å². The zero-order valence-corrected chi connectivity index (χ0v) is 16.5. The Kier molecular flexibility index (Phi) is 7.53. The van der Waals surface area contributed by atoms with Gasteiger partial charge in [0.2, 0.25) is 10.0 Å². The van der Waals surface area contributed by atoms with E-state index in [1.807, 2.05) is 0 Å². The SMILES string of the molecule is Cc1ccc(S(=O)(=O)N(CCOS(C)(=O)=O)CCOS(C)(=O)=O)cc1. The highest BCUT2D eigenvalue weighted by atomic mass is 32.2. The molecule has 0 aliphatic rings. The molecule has 1 aromatic carbocycles. The van der Waals surface area contributed by atoms with Crippen molar-refractivity contribution in [3.05, 3.63) is 29.8 Å². The van der Waals surface area contributed by atoms with Crippen LogP contribution in [0.5, 0.6) is 0 Å². The highest BCUT2D eigenvalue weighted by molar-refractivity contribution is 7.89. The smallest absolute Gasteiger partial charge is 0.264 e. The van der Waals surface area contributed by atoms with Crippen LogP contribution in [0, 0.1) is 6.92 Å². The maximum absolute atomic E-state index is 12.7. The number of hydrogen-bond donors (Lipinski definition) is 0. The summed E-state index contributed by atoms with van der Waals surface area (Å²) in [5.41, 5.74) is 0.867. The van der Waals surface area contributed by atoms with Crippen LogP contribution in [0.25, 0.3) is 0 Å². The lowest BCUT2D eigenvalue weighted by Gasteiger charge is -2.21. The number of hydrogen-bond acceptors (Lipinski definition) is 8. The number of aryl methyl sites for hydroxylation is 1. The fraction of sp³-hybridized carbons (Fsp3) is 0.538. The summed E-state index contributed by atoms with van der Waals surface area (Å²) in [5.74, 6) is 0. The Balaban J connectivity index is 2.96. The van der Waals surface area contributed by atoms with Crippen molar-refractivity contribution < 1.29 is 33.6 Å². The third kappa shape index (κ3) is 8.25. The molecule has 0 spiro atoms. The first kappa shape index (κ1) is 22.0. The van der Waals surface area contributed by atoms with Gasteiger partial charge in [0.05, 0.1) is 30.6 Å². The second kappa shape index (κ2) is 8.56. The molecule has 0 unspecified atom stereocenters. The summed E-state index contributed by atoms with van der Waals surface area (Å²) in [6.07, 6.45) is 1.69. The van der Waals surface area contributed by atoms with E-state index in [9.17, 15) is 25.3 Å². The first-order valence-corrected chi connectivity index (χ1v) is 12.1. The van der Waals surface area contributed by atoms with E-state index in [2.05, 4.69) is 8.37 Å². The third-order valence-corrected chi connectivity index (χ3v) is 6.04. The fourth-order valence-electron chi connectivity index (χ4n) is 1.79. The molecule has 0 aliphatic heterocycles. The summed E-state index contributed by atoms with van der Waals surface area (Å²) in [6, 6.07) is 6.05. The van der Waals surface area contributed by atoms with Crippen LogP contribution in [-0.4, -0.2) is 68.4 Å². The minimum atomic E-state index is -3.97. The third-order valence-electron chi connectivity index (χ3n) is 2.93. The molecule has 0 heterocycles. The van der Waals surface area contributed by atoms with Crippen LogP contribution < -0.4 is 0 Å². The van der Waals surface area contributed by atoms with Gasteiger partial charge in [0.15, 0.2) is 0 Å². The van der Waals surface area contributed by atoms with Gasteiger partial charge in [-0.15, -0.1) is 0 Å². The van der Waals surface area contributed by atoms with Crippen molar-refractivity contribution >= 4 is 30.3 Å². The molecule has 12 heteroatoms. The molecule has 0 fully saturated rings. The van der Waals surface area contributed by atoms with Gasteiger partial charge in [0.1, 0.15) is 0 Å². The lowest BCUT2D eigenvalue weighted by atomic mass is 10.2. The predicted molar refractivity (Wildman–Crippen MR) is 91.5 cm³/mol. The van der Waals surface area contributed by atoms with Crippen LogP contribution in [0.15, 0.2) is 29.2 Å². The van der Waals surface area contributed by atoms with Crippen molar-refractivity contribution in [1.82, 2.24) is 4.31 Å². The van der Waals surface area contributed by atoms with E-state index in [1.165, 1.54) is 12.1 Å². The van der Waals surface area contributed by atoms with Gasteiger partial charge in [-0.05, 0) is 19.1 Å². The zero-order chi connectivity index (χ0) is 19.3. The minimum Gasteiger partial charge on any atom is -0.269 e. The molecule has 0 aromatic heterocycles. The predicted octanol–water partition coefficient (Wildman–Crippen LogP) is -0.0619. The number of nitrogens with zero attached hydrogens (tertiary/aromatic N) is 1. The van der Waals surface area contributed by atoms with Crippen molar-refractivity contribution in [2.24, 2.45) is 0 Å². The van der Waals surface area contributed by atoms with Gasteiger partial charge in [0.25, 0.3) is 20.2 Å². The number of rotatable bonds is 10. The number of sulfonamides is 1. The van der Waals surface area contributed by atoms with E-state index < -0.39 is 43.5 Å². The first-order valence-electron chi connectivity index (χ1n) is 7.07. The molecular formula is C13H21NO8S3. The Bertz CT molecular complexity index is 836. The summed E-state index contributed by atoms with van der Waals surface area (Å²) in [7, 11) is -11.4. The maximum Gasteiger partial charge on any atom is 0.264 e. The van der Waals surface area contributed by atoms with Crippen molar-refractivity contribution in [3.8, 4) is 0 Å². The fourth-order valence-corrected chi connectivity index (χ4v) is 3.95. The van der Waals surface area contributed by atoms with E-state index >= 15 is 0 Å². The lowest BCUT2D eigenvalue weighted by molar-refractivity contribution is 0.244. The van der Waals surface area contributed by atoms with Crippen molar-refractivity contribution in [2.45, 2.75) is 11.8 Å². The molecule has 1 aromatic rings. The second-order valence-electron chi connectivity index (χ2n) is 5.27. The molecule has 0 saturated carbocycles. The van der Waals surface area contributed by atoms with Crippen LogP contribution in [0.4, 0.5) is 0 Å². The highest BCUT2D eigenvalue weighted by Crippen LogP contribution is 2.16. The van der Waals surface area contributed by atoms with Gasteiger partial charge in [-0.25, -0.2) is 8.42 Å². The normalized spacial score (nSPS) is 13.3. The average Bonchev–Trinajstić information content (AvgIpc) is 2.43. The molecule has 1 rings (SSSR count). The summed E-state index contributed by atoms with van der Waals surface area (Å²) in [6.45, 7) is 0.437. The molecule has 9 nitrogen and oxygen atoms in total. The molecule has 0 bridgehead atoms. The van der Waals surface area contributed by atoms with E-state index in [4.69, 9.17) is 0 Å². The Morgan fingerprint density at radius 2 is 1.20 bits per heavy atom. The van der Waals surface area contributed by atoms with E-state index in [0.29, 0.717) is 0 Å². The Hall–Kier alpha value is -1.05. The Labute approximate surface area is 148 Å². The minimum absolute atomic E-state index is 0.00295. The molecule has 0 saturated heterocycles.